The van der Waals surface area contributed by atoms with Crippen molar-refractivity contribution < 1.29 is 0 Å². The average molecular weight is 178 g/mol. The zero-order valence-corrected chi connectivity index (χ0v) is 7.90. The molecular formula is C9H14N4. The number of rotatable bonds is 1. The second-order valence-corrected chi connectivity index (χ2v) is 4.28. The first-order chi connectivity index (χ1) is 6.28. The number of aryl methyl sites for hydroxylation is 1. The molecule has 0 N–H and O–H groups in total. The molecule has 2 aliphatic heterocycles. The number of piperidine rings is 1. The van der Waals surface area contributed by atoms with Gasteiger partial charge in [-0.2, -0.15) is 15.0 Å². The zero-order valence-electron chi connectivity index (χ0n) is 7.90. The Bertz CT molecular complexity index is 322. The highest BCUT2D eigenvalue weighted by Crippen LogP contribution is 2.41. The first-order valence-corrected chi connectivity index (χ1v) is 4.88. The number of fused-ring (bicyclic) bond motifs is 2. The molecule has 2 aliphatic rings. The van der Waals surface area contributed by atoms with Crippen LogP contribution in [0.5, 0.6) is 0 Å². The lowest BCUT2D eigenvalue weighted by molar-refractivity contribution is 0.362. The third-order valence-corrected chi connectivity index (χ3v) is 3.48. The molecule has 0 unspecified atom stereocenters. The molecule has 0 radical (unpaired) electrons. The molecule has 4 nitrogen and oxygen atoms in total. The number of hydrogen-bond donors (Lipinski definition) is 0. The number of nitrogens with zero attached hydrogens (tertiary/aromatic N) is 4. The van der Waals surface area contributed by atoms with E-state index in [9.17, 15) is 0 Å². The largest absolute Gasteiger partial charge is 0.302 e. The van der Waals surface area contributed by atoms with Gasteiger partial charge in [0.15, 0.2) is 0 Å². The van der Waals surface area contributed by atoms with Crippen LogP contribution in [-0.2, 0) is 12.5 Å². The summed E-state index contributed by atoms with van der Waals surface area (Å²) in [6.45, 7) is 3.69. The van der Waals surface area contributed by atoms with Crippen LogP contribution < -0.4 is 0 Å². The van der Waals surface area contributed by atoms with Crippen LogP contribution in [0.2, 0.25) is 0 Å². The molecule has 0 spiro atoms. The van der Waals surface area contributed by atoms with E-state index in [4.69, 9.17) is 0 Å². The van der Waals surface area contributed by atoms with E-state index in [1.165, 1.54) is 38.2 Å². The maximum atomic E-state index is 4.44. The van der Waals surface area contributed by atoms with Gasteiger partial charge in [-0.3, -0.25) is 0 Å². The summed E-state index contributed by atoms with van der Waals surface area (Å²) < 4.78 is 0. The van der Waals surface area contributed by atoms with Gasteiger partial charge in [0, 0.05) is 19.0 Å². The minimum absolute atomic E-state index is 0.355. The van der Waals surface area contributed by atoms with Crippen molar-refractivity contribution in [1.82, 2.24) is 19.9 Å². The van der Waals surface area contributed by atoms with E-state index in [0.29, 0.717) is 5.41 Å². The molecule has 13 heavy (non-hydrogen) atoms. The Hall–Kier alpha value is -0.900. The fraction of sp³-hybridized carbons (Fsp3) is 0.778. The predicted molar refractivity (Wildman–Crippen MR) is 48.4 cm³/mol. The van der Waals surface area contributed by atoms with Crippen molar-refractivity contribution in [3.05, 3.63) is 11.9 Å². The highest BCUT2D eigenvalue weighted by atomic mass is 15.5. The molecule has 0 saturated carbocycles. The van der Waals surface area contributed by atoms with E-state index in [1.54, 1.807) is 4.80 Å². The Morgan fingerprint density at radius 1 is 1.38 bits per heavy atom. The van der Waals surface area contributed by atoms with E-state index in [1.807, 2.05) is 13.2 Å². The van der Waals surface area contributed by atoms with E-state index >= 15 is 0 Å². The van der Waals surface area contributed by atoms with Crippen LogP contribution >= 0.6 is 0 Å². The van der Waals surface area contributed by atoms with Gasteiger partial charge < -0.3 is 4.90 Å². The van der Waals surface area contributed by atoms with E-state index in [-0.39, 0.29) is 0 Å². The second-order valence-electron chi connectivity index (χ2n) is 4.28. The molecule has 3 rings (SSSR count). The average Bonchev–Trinajstić information content (AvgIpc) is 2.77. The van der Waals surface area contributed by atoms with Crippen LogP contribution in [0.4, 0.5) is 0 Å². The zero-order chi connectivity index (χ0) is 8.89. The molecule has 2 fully saturated rings. The number of hydrogen-bond acceptors (Lipinski definition) is 3. The molecule has 3 heterocycles. The summed E-state index contributed by atoms with van der Waals surface area (Å²) >= 11 is 0. The van der Waals surface area contributed by atoms with Gasteiger partial charge in [-0.05, 0) is 25.9 Å². The molecule has 0 aromatic carbocycles. The Morgan fingerprint density at radius 3 is 2.62 bits per heavy atom. The van der Waals surface area contributed by atoms with Crippen molar-refractivity contribution in [1.29, 1.82) is 0 Å². The molecular weight excluding hydrogens is 164 g/mol. The highest BCUT2D eigenvalue weighted by Gasteiger charge is 2.46. The minimum atomic E-state index is 0.355. The molecule has 0 amide bonds. The Labute approximate surface area is 77.5 Å². The summed E-state index contributed by atoms with van der Waals surface area (Å²) in [7, 11) is 1.89. The van der Waals surface area contributed by atoms with Crippen molar-refractivity contribution in [2.75, 3.05) is 19.6 Å². The summed E-state index contributed by atoms with van der Waals surface area (Å²) in [5, 5.41) is 8.60. The van der Waals surface area contributed by atoms with Crippen molar-refractivity contribution >= 4 is 0 Å². The topological polar surface area (TPSA) is 34.0 Å². The maximum absolute atomic E-state index is 4.44. The van der Waals surface area contributed by atoms with Gasteiger partial charge in [-0.15, -0.1) is 0 Å². The fourth-order valence-corrected chi connectivity index (χ4v) is 2.65. The second kappa shape index (κ2) is 2.32. The summed E-state index contributed by atoms with van der Waals surface area (Å²) in [5.41, 5.74) is 1.56. The first-order valence-electron chi connectivity index (χ1n) is 4.88. The number of aromatic nitrogens is 3. The van der Waals surface area contributed by atoms with Gasteiger partial charge in [0.2, 0.25) is 0 Å². The molecule has 0 atom stereocenters. The van der Waals surface area contributed by atoms with Gasteiger partial charge in [0.1, 0.15) is 0 Å². The molecule has 2 saturated heterocycles. The van der Waals surface area contributed by atoms with Crippen molar-refractivity contribution in [2.45, 2.75) is 18.3 Å². The lowest BCUT2D eigenvalue weighted by Gasteiger charge is -2.21. The SMILES string of the molecule is Cn1ncc(C23CCN(CC2)C3)n1. The summed E-state index contributed by atoms with van der Waals surface area (Å²) in [5.74, 6) is 0. The molecule has 70 valence electrons. The molecule has 2 bridgehead atoms. The smallest absolute Gasteiger partial charge is 0.0902 e. The predicted octanol–water partition coefficient (Wildman–Crippen LogP) is 0.162. The van der Waals surface area contributed by atoms with E-state index in [0.717, 1.165) is 0 Å². The third kappa shape index (κ3) is 0.950. The molecule has 1 aromatic heterocycles. The Morgan fingerprint density at radius 2 is 2.15 bits per heavy atom. The normalized spacial score (nSPS) is 37.2. The van der Waals surface area contributed by atoms with E-state index < -0.39 is 0 Å². The monoisotopic (exact) mass is 178 g/mol. The van der Waals surface area contributed by atoms with Crippen LogP contribution in [-0.4, -0.2) is 39.5 Å². The van der Waals surface area contributed by atoms with Crippen LogP contribution in [0, 0.1) is 0 Å². The molecule has 0 aliphatic carbocycles. The summed E-state index contributed by atoms with van der Waals surface area (Å²) in [4.78, 5) is 4.19. The highest BCUT2D eigenvalue weighted by molar-refractivity contribution is 5.19. The van der Waals surface area contributed by atoms with Gasteiger partial charge >= 0.3 is 0 Å². The van der Waals surface area contributed by atoms with Gasteiger partial charge in [0.25, 0.3) is 0 Å². The van der Waals surface area contributed by atoms with Crippen molar-refractivity contribution in [2.24, 2.45) is 7.05 Å². The third-order valence-electron chi connectivity index (χ3n) is 3.48. The van der Waals surface area contributed by atoms with Crippen LogP contribution in [0.3, 0.4) is 0 Å². The molecule has 4 heteroatoms. The Balaban J connectivity index is 2.00. The van der Waals surface area contributed by atoms with Gasteiger partial charge in [0.05, 0.1) is 11.9 Å². The van der Waals surface area contributed by atoms with E-state index in [2.05, 4.69) is 15.1 Å². The molecule has 1 aromatic rings. The van der Waals surface area contributed by atoms with Crippen LogP contribution in [0.1, 0.15) is 18.5 Å². The first kappa shape index (κ1) is 7.50. The lowest BCUT2D eigenvalue weighted by atomic mass is 9.82. The van der Waals surface area contributed by atoms with Gasteiger partial charge in [-0.1, -0.05) is 0 Å². The van der Waals surface area contributed by atoms with Crippen molar-refractivity contribution in [3.8, 4) is 0 Å². The Kier molecular flexibility index (Phi) is 1.34. The summed E-state index contributed by atoms with van der Waals surface area (Å²) in [6, 6.07) is 0. The standard InChI is InChI=1S/C9H14N4/c1-12-10-6-8(11-12)9-2-4-13(7-9)5-3-9/h6H,2-5,7H2,1H3. The van der Waals surface area contributed by atoms with Gasteiger partial charge in [-0.25, -0.2) is 0 Å². The summed E-state index contributed by atoms with van der Waals surface area (Å²) in [6.07, 6.45) is 4.48. The van der Waals surface area contributed by atoms with Crippen LogP contribution in [0.15, 0.2) is 6.20 Å². The maximum Gasteiger partial charge on any atom is 0.0902 e. The minimum Gasteiger partial charge on any atom is -0.302 e. The van der Waals surface area contributed by atoms with Crippen molar-refractivity contribution in [3.63, 3.8) is 0 Å². The fourth-order valence-electron chi connectivity index (χ4n) is 2.65. The lowest BCUT2D eigenvalue weighted by Crippen LogP contribution is -2.25. The quantitative estimate of drug-likeness (QED) is 0.614. The van der Waals surface area contributed by atoms with Crippen LogP contribution in [0.25, 0.3) is 0 Å².